The molecule has 6 aromatic rings. The lowest BCUT2D eigenvalue weighted by Gasteiger charge is -2.36. The summed E-state index contributed by atoms with van der Waals surface area (Å²) in [5, 5.41) is 16.8. The van der Waals surface area contributed by atoms with E-state index in [9.17, 15) is 23.3 Å². The highest BCUT2D eigenvalue weighted by molar-refractivity contribution is 7.99. The Morgan fingerprint density at radius 1 is 0.951 bits per heavy atom. The molecular formula is C44H46ClN9O5S2. The van der Waals surface area contributed by atoms with Gasteiger partial charge in [0, 0.05) is 71.6 Å². The topological polar surface area (TPSA) is 180 Å². The van der Waals surface area contributed by atoms with Gasteiger partial charge in [-0.1, -0.05) is 66.2 Å². The lowest BCUT2D eigenvalue weighted by molar-refractivity contribution is -0.384. The smallest absolute Gasteiger partial charge is 0.294 e. The van der Waals surface area contributed by atoms with Crippen molar-refractivity contribution in [1.82, 2.24) is 19.8 Å². The zero-order chi connectivity index (χ0) is 43.1. The van der Waals surface area contributed by atoms with Crippen LogP contribution in [0.2, 0.25) is 5.02 Å². The number of sulfonamides is 1. The number of nitro groups is 1. The third-order valence-corrected chi connectivity index (χ3v) is 13.2. The minimum Gasteiger partial charge on any atom is -0.375 e. The van der Waals surface area contributed by atoms with Crippen molar-refractivity contribution in [3.8, 4) is 11.1 Å². The first-order chi connectivity index (χ1) is 29.3. The number of fused-ring (bicyclic) bond motifs is 1. The van der Waals surface area contributed by atoms with Gasteiger partial charge in [-0.25, -0.2) is 18.4 Å². The molecule has 0 radical (unpaired) electrons. The molecule has 0 unspecified atom stereocenters. The van der Waals surface area contributed by atoms with Gasteiger partial charge < -0.3 is 20.9 Å². The number of benzene rings is 5. The van der Waals surface area contributed by atoms with Gasteiger partial charge in [-0.15, -0.1) is 11.8 Å². The Hall–Kier alpha value is -5.78. The van der Waals surface area contributed by atoms with Crippen molar-refractivity contribution in [2.24, 2.45) is 5.73 Å². The number of hydrogen-bond donors (Lipinski definition) is 3. The van der Waals surface area contributed by atoms with Crippen LogP contribution in [-0.4, -0.2) is 97.6 Å². The summed E-state index contributed by atoms with van der Waals surface area (Å²) in [6, 6.07) is 33.2. The Balaban J connectivity index is 1.07. The van der Waals surface area contributed by atoms with Crippen LogP contribution in [0.3, 0.4) is 0 Å². The van der Waals surface area contributed by atoms with E-state index in [2.05, 4.69) is 48.0 Å². The molecule has 1 atom stereocenters. The number of hydrogen-bond acceptors (Lipinski definition) is 12. The van der Waals surface area contributed by atoms with Gasteiger partial charge in [0.05, 0.1) is 20.9 Å². The quantitative estimate of drug-likeness (QED) is 0.0465. The fourth-order valence-corrected chi connectivity index (χ4v) is 9.45. The number of nitrogens with zero attached hydrogens (tertiary/aromatic N) is 6. The molecule has 61 heavy (non-hydrogen) atoms. The molecule has 7 rings (SSSR count). The normalized spacial score (nSPS) is 13.9. The van der Waals surface area contributed by atoms with Crippen molar-refractivity contribution in [2.75, 3.05) is 67.5 Å². The van der Waals surface area contributed by atoms with Crippen molar-refractivity contribution in [3.63, 3.8) is 0 Å². The summed E-state index contributed by atoms with van der Waals surface area (Å²) in [6.07, 6.45) is 1.83. The number of piperazine rings is 1. The molecule has 1 saturated heterocycles. The van der Waals surface area contributed by atoms with Gasteiger partial charge in [0.2, 0.25) is 0 Å². The Kier molecular flexibility index (Phi) is 13.7. The molecule has 1 aliphatic heterocycles. The first kappa shape index (κ1) is 43.3. The van der Waals surface area contributed by atoms with Gasteiger partial charge in [-0.2, -0.15) is 0 Å². The van der Waals surface area contributed by atoms with E-state index in [0.29, 0.717) is 34.6 Å². The molecule has 0 bridgehead atoms. The minimum absolute atomic E-state index is 0.0205. The van der Waals surface area contributed by atoms with Crippen LogP contribution >= 0.6 is 23.4 Å². The molecule has 14 nitrogen and oxygen atoms in total. The number of nitro benzene ring substituents is 1. The van der Waals surface area contributed by atoms with E-state index in [1.165, 1.54) is 17.5 Å². The number of carbonyl (C=O) groups excluding carboxylic acids is 1. The van der Waals surface area contributed by atoms with Crippen molar-refractivity contribution in [2.45, 2.75) is 28.8 Å². The molecule has 316 valence electrons. The van der Waals surface area contributed by atoms with Gasteiger partial charge in [0.25, 0.3) is 21.6 Å². The van der Waals surface area contributed by atoms with Crippen LogP contribution in [-0.2, 0) is 16.6 Å². The third kappa shape index (κ3) is 10.8. The summed E-state index contributed by atoms with van der Waals surface area (Å²) in [7, 11) is -0.696. The predicted molar refractivity (Wildman–Crippen MR) is 244 cm³/mol. The van der Waals surface area contributed by atoms with Crippen LogP contribution < -0.4 is 20.7 Å². The second-order valence-corrected chi connectivity index (χ2v) is 18.2. The molecule has 1 aromatic heterocycles. The minimum atomic E-state index is -4.53. The fourth-order valence-electron chi connectivity index (χ4n) is 7.26. The molecular weight excluding hydrogens is 834 g/mol. The van der Waals surface area contributed by atoms with Crippen LogP contribution in [0.5, 0.6) is 0 Å². The zero-order valence-corrected chi connectivity index (χ0v) is 36.1. The molecule has 2 heterocycles. The average molecular weight is 880 g/mol. The highest BCUT2D eigenvalue weighted by Crippen LogP contribution is 2.35. The highest BCUT2D eigenvalue weighted by Gasteiger charge is 2.30. The Morgan fingerprint density at radius 2 is 1.67 bits per heavy atom. The van der Waals surface area contributed by atoms with Crippen LogP contribution in [0.15, 0.2) is 125 Å². The number of anilines is 3. The lowest BCUT2D eigenvalue weighted by atomic mass is 9.99. The van der Waals surface area contributed by atoms with Crippen LogP contribution in [0.25, 0.3) is 22.0 Å². The van der Waals surface area contributed by atoms with E-state index < -0.39 is 31.4 Å². The van der Waals surface area contributed by atoms with Crippen molar-refractivity contribution in [3.05, 3.63) is 142 Å². The Morgan fingerprint density at radius 3 is 2.38 bits per heavy atom. The van der Waals surface area contributed by atoms with E-state index in [1.54, 1.807) is 17.8 Å². The number of nitrogens with one attached hydrogen (secondary N) is 2. The summed E-state index contributed by atoms with van der Waals surface area (Å²) >= 11 is 7.69. The maximum absolute atomic E-state index is 14.0. The van der Waals surface area contributed by atoms with E-state index in [-0.39, 0.29) is 23.1 Å². The Bertz CT molecular complexity index is 2590. The zero-order valence-electron chi connectivity index (χ0n) is 33.7. The summed E-state index contributed by atoms with van der Waals surface area (Å²) in [5.74, 6) is -0.532. The summed E-state index contributed by atoms with van der Waals surface area (Å²) < 4.78 is 30.4. The van der Waals surface area contributed by atoms with E-state index in [1.807, 2.05) is 91.8 Å². The van der Waals surface area contributed by atoms with Gasteiger partial charge in [0.1, 0.15) is 12.0 Å². The number of rotatable bonds is 17. The standard InChI is InChI=1S/C44H46ClN9O5S2/c1-51(2)19-18-33(28-60-35-9-4-3-5-10-35)49-42-39(43(46)55)25-36(26-41(42)54(56)57)61(58,59)50-44-38-17-16-34(24-40(38)47-29-48-44)53-22-20-52(21-23-53)27-31-8-6-7-11-37(31)30-12-14-32(45)15-13-30/h3-17,24-26,29,33,49H,18-23,27-28H2,1-2H3,(H2,46,55)(H,47,48,50)/t33-/m1/s1. The van der Waals surface area contributed by atoms with Crippen LogP contribution in [0, 0.1) is 10.1 Å². The largest absolute Gasteiger partial charge is 0.375 e. The SMILES string of the molecule is CN(C)CC[C@H](CSc1ccccc1)Nc1c(C(N)=O)cc(S(=O)(=O)Nc2ncnc3cc(N4CCN(Cc5ccccc5-c5ccc(Cl)cc5)CC4)ccc23)cc1[N+](=O)[O-]. The maximum atomic E-state index is 14.0. The number of halogens is 1. The summed E-state index contributed by atoms with van der Waals surface area (Å²) in [6.45, 7) is 4.66. The van der Waals surface area contributed by atoms with E-state index >= 15 is 0 Å². The van der Waals surface area contributed by atoms with Crippen LogP contribution in [0.4, 0.5) is 22.9 Å². The number of thioether (sulfide) groups is 1. The van der Waals surface area contributed by atoms with E-state index in [0.717, 1.165) is 61.0 Å². The molecule has 0 spiro atoms. The number of primary amides is 1. The summed E-state index contributed by atoms with van der Waals surface area (Å²) in [4.78, 5) is 40.5. The molecule has 0 aliphatic carbocycles. The molecule has 5 aromatic carbocycles. The number of carbonyl (C=O) groups is 1. The summed E-state index contributed by atoms with van der Waals surface area (Å²) in [5.41, 5.74) is 9.68. The second kappa shape index (κ2) is 19.3. The van der Waals surface area contributed by atoms with Crippen LogP contribution in [0.1, 0.15) is 22.3 Å². The van der Waals surface area contributed by atoms with Gasteiger partial charge in [0.15, 0.2) is 5.82 Å². The monoisotopic (exact) mass is 879 g/mol. The maximum Gasteiger partial charge on any atom is 0.294 e. The highest BCUT2D eigenvalue weighted by atomic mass is 35.5. The van der Waals surface area contributed by atoms with Crippen molar-refractivity contribution >= 4 is 73.1 Å². The van der Waals surface area contributed by atoms with Gasteiger partial charge in [-0.05, 0) is 92.3 Å². The fraction of sp³-hybridized carbons (Fsp3) is 0.250. The second-order valence-electron chi connectivity index (χ2n) is 15.0. The predicted octanol–water partition coefficient (Wildman–Crippen LogP) is 7.60. The molecule has 1 aliphatic rings. The van der Waals surface area contributed by atoms with Crippen molar-refractivity contribution in [1.29, 1.82) is 0 Å². The van der Waals surface area contributed by atoms with Crippen molar-refractivity contribution < 1.29 is 18.1 Å². The molecule has 4 N–H and O–H groups in total. The first-order valence-corrected chi connectivity index (χ1v) is 22.5. The molecule has 17 heteroatoms. The van der Waals surface area contributed by atoms with E-state index in [4.69, 9.17) is 17.3 Å². The first-order valence-electron chi connectivity index (χ1n) is 19.6. The molecule has 0 saturated carbocycles. The van der Waals surface area contributed by atoms with Gasteiger partial charge >= 0.3 is 0 Å². The Labute approximate surface area is 364 Å². The lowest BCUT2D eigenvalue weighted by Crippen LogP contribution is -2.46. The molecule has 1 amide bonds. The molecule has 1 fully saturated rings. The average Bonchev–Trinajstić information content (AvgIpc) is 3.25. The van der Waals surface area contributed by atoms with Gasteiger partial charge in [-0.3, -0.25) is 24.5 Å². The number of aromatic nitrogens is 2. The number of amides is 1. The number of nitrogens with two attached hydrogens (primary N) is 1. The third-order valence-electron chi connectivity index (χ3n) is 10.5.